The molecule has 0 unspecified atom stereocenters. The largest absolute Gasteiger partial charge is 0.394 e. The third-order valence-electron chi connectivity index (χ3n) is 4.51. The monoisotopic (exact) mass is 398 g/mol. The molecule has 0 fully saturated rings. The van der Waals surface area contributed by atoms with Crippen LogP contribution in [0.5, 0.6) is 0 Å². The molecule has 0 saturated carbocycles. The molecular formula is C22H24F2N4O. The third-order valence-corrected chi connectivity index (χ3v) is 4.51. The maximum absolute atomic E-state index is 13.4. The van der Waals surface area contributed by atoms with Crippen LogP contribution in [0, 0.1) is 17.6 Å². The van der Waals surface area contributed by atoms with Crippen LogP contribution >= 0.6 is 0 Å². The summed E-state index contributed by atoms with van der Waals surface area (Å²) >= 11 is 0. The van der Waals surface area contributed by atoms with Gasteiger partial charge in [0.1, 0.15) is 17.5 Å². The molecule has 152 valence electrons. The summed E-state index contributed by atoms with van der Waals surface area (Å²) in [6.45, 7) is 4.13. The van der Waals surface area contributed by atoms with Crippen molar-refractivity contribution in [3.8, 4) is 11.3 Å². The second kappa shape index (κ2) is 9.43. The highest BCUT2D eigenvalue weighted by Gasteiger charge is 2.15. The van der Waals surface area contributed by atoms with Crippen LogP contribution in [-0.2, 0) is 6.54 Å². The van der Waals surface area contributed by atoms with Gasteiger partial charge >= 0.3 is 0 Å². The Morgan fingerprint density at radius 3 is 2.28 bits per heavy atom. The summed E-state index contributed by atoms with van der Waals surface area (Å²) in [5.74, 6) is -0.201. The van der Waals surface area contributed by atoms with Crippen molar-refractivity contribution in [3.63, 3.8) is 0 Å². The van der Waals surface area contributed by atoms with Gasteiger partial charge in [0.15, 0.2) is 0 Å². The van der Waals surface area contributed by atoms with Gasteiger partial charge in [0, 0.05) is 24.2 Å². The van der Waals surface area contributed by atoms with Crippen molar-refractivity contribution in [3.05, 3.63) is 71.8 Å². The van der Waals surface area contributed by atoms with Crippen molar-refractivity contribution in [2.45, 2.75) is 26.4 Å². The molecular weight excluding hydrogens is 374 g/mol. The van der Waals surface area contributed by atoms with Crippen LogP contribution < -0.4 is 10.6 Å². The molecule has 3 N–H and O–H groups in total. The van der Waals surface area contributed by atoms with Gasteiger partial charge in [0.05, 0.1) is 18.3 Å². The average Bonchev–Trinajstić information content (AvgIpc) is 2.70. The molecule has 3 rings (SSSR count). The number of nitrogens with zero attached hydrogens (tertiary/aromatic N) is 2. The molecule has 2 aromatic carbocycles. The van der Waals surface area contributed by atoms with Crippen LogP contribution in [0.2, 0.25) is 0 Å². The zero-order chi connectivity index (χ0) is 20.8. The highest BCUT2D eigenvalue weighted by Crippen LogP contribution is 2.23. The first-order valence-corrected chi connectivity index (χ1v) is 9.45. The topological polar surface area (TPSA) is 70.1 Å². The lowest BCUT2D eigenvalue weighted by molar-refractivity contribution is 0.248. The van der Waals surface area contributed by atoms with E-state index in [1.165, 1.54) is 12.1 Å². The highest BCUT2D eigenvalue weighted by molar-refractivity contribution is 5.64. The summed E-state index contributed by atoms with van der Waals surface area (Å²) in [6, 6.07) is 14.6. The molecule has 0 bridgehead atoms. The first-order chi connectivity index (χ1) is 13.9. The van der Waals surface area contributed by atoms with Crippen molar-refractivity contribution in [1.82, 2.24) is 9.97 Å². The summed E-state index contributed by atoms with van der Waals surface area (Å²) in [4.78, 5) is 9.02. The van der Waals surface area contributed by atoms with E-state index in [1.807, 2.05) is 44.2 Å². The van der Waals surface area contributed by atoms with Gasteiger partial charge in [-0.2, -0.15) is 4.98 Å². The molecule has 5 nitrogen and oxygen atoms in total. The number of aliphatic hydroxyl groups is 1. The van der Waals surface area contributed by atoms with Crippen LogP contribution in [0.25, 0.3) is 11.3 Å². The number of anilines is 2. The summed E-state index contributed by atoms with van der Waals surface area (Å²) in [5.41, 5.74) is 2.06. The van der Waals surface area contributed by atoms with E-state index in [2.05, 4.69) is 20.6 Å². The maximum atomic E-state index is 13.4. The predicted molar refractivity (Wildman–Crippen MR) is 110 cm³/mol. The van der Waals surface area contributed by atoms with Gasteiger partial charge in [-0.25, -0.2) is 13.8 Å². The van der Waals surface area contributed by atoms with Crippen molar-refractivity contribution in [1.29, 1.82) is 0 Å². The zero-order valence-corrected chi connectivity index (χ0v) is 16.4. The Labute approximate surface area is 168 Å². The SMILES string of the molecule is CC(C)[C@H](CO)Nc1nc(NCc2cc(F)cc(F)c2)cc(-c2ccccc2)n1. The zero-order valence-electron chi connectivity index (χ0n) is 16.4. The third kappa shape index (κ3) is 5.71. The average molecular weight is 398 g/mol. The fourth-order valence-corrected chi connectivity index (χ4v) is 2.85. The van der Waals surface area contributed by atoms with Gasteiger partial charge in [0.2, 0.25) is 5.95 Å². The number of aromatic nitrogens is 2. The Morgan fingerprint density at radius 1 is 0.966 bits per heavy atom. The van der Waals surface area contributed by atoms with Gasteiger partial charge in [0.25, 0.3) is 0 Å². The van der Waals surface area contributed by atoms with E-state index in [1.54, 1.807) is 6.07 Å². The molecule has 0 aliphatic rings. The van der Waals surface area contributed by atoms with Gasteiger partial charge in [-0.15, -0.1) is 0 Å². The molecule has 1 atom stereocenters. The smallest absolute Gasteiger partial charge is 0.225 e. The minimum Gasteiger partial charge on any atom is -0.394 e. The molecule has 1 heterocycles. The van der Waals surface area contributed by atoms with Gasteiger partial charge in [-0.3, -0.25) is 0 Å². The Kier molecular flexibility index (Phi) is 6.72. The van der Waals surface area contributed by atoms with Crippen molar-refractivity contribution < 1.29 is 13.9 Å². The number of aliphatic hydroxyl groups excluding tert-OH is 1. The van der Waals surface area contributed by atoms with Crippen LogP contribution in [0.15, 0.2) is 54.6 Å². The second-order valence-corrected chi connectivity index (χ2v) is 7.14. The predicted octanol–water partition coefficient (Wildman–Crippen LogP) is 4.46. The number of hydrogen-bond donors (Lipinski definition) is 3. The first kappa shape index (κ1) is 20.7. The molecule has 0 aliphatic carbocycles. The molecule has 3 aromatic rings. The van der Waals surface area contributed by atoms with E-state index in [0.29, 0.717) is 23.0 Å². The van der Waals surface area contributed by atoms with Crippen LogP contribution in [0.1, 0.15) is 19.4 Å². The van der Waals surface area contributed by atoms with E-state index >= 15 is 0 Å². The lowest BCUT2D eigenvalue weighted by atomic mass is 10.1. The summed E-state index contributed by atoms with van der Waals surface area (Å²) < 4.78 is 26.9. The van der Waals surface area contributed by atoms with E-state index in [0.717, 1.165) is 11.6 Å². The molecule has 0 saturated heterocycles. The minimum absolute atomic E-state index is 0.0536. The molecule has 0 amide bonds. The van der Waals surface area contributed by atoms with Crippen LogP contribution in [0.4, 0.5) is 20.5 Å². The van der Waals surface area contributed by atoms with E-state index < -0.39 is 11.6 Å². The van der Waals surface area contributed by atoms with E-state index in [-0.39, 0.29) is 25.1 Å². The molecule has 0 radical (unpaired) electrons. The molecule has 1 aromatic heterocycles. The summed E-state index contributed by atoms with van der Waals surface area (Å²) in [6.07, 6.45) is 0. The van der Waals surface area contributed by atoms with E-state index in [9.17, 15) is 13.9 Å². The molecule has 29 heavy (non-hydrogen) atoms. The Bertz CT molecular complexity index is 931. The normalized spacial score (nSPS) is 12.1. The highest BCUT2D eigenvalue weighted by atomic mass is 19.1. The number of hydrogen-bond acceptors (Lipinski definition) is 5. The first-order valence-electron chi connectivity index (χ1n) is 9.45. The molecule has 0 aliphatic heterocycles. The fourth-order valence-electron chi connectivity index (χ4n) is 2.85. The maximum Gasteiger partial charge on any atom is 0.225 e. The lowest BCUT2D eigenvalue weighted by Gasteiger charge is -2.20. The van der Waals surface area contributed by atoms with Crippen molar-refractivity contribution >= 4 is 11.8 Å². The molecule has 0 spiro atoms. The fraction of sp³-hybridized carbons (Fsp3) is 0.273. The van der Waals surface area contributed by atoms with Crippen molar-refractivity contribution in [2.75, 3.05) is 17.2 Å². The summed E-state index contributed by atoms with van der Waals surface area (Å²) in [5, 5.41) is 15.9. The van der Waals surface area contributed by atoms with Crippen LogP contribution in [0.3, 0.4) is 0 Å². The molecule has 7 heteroatoms. The van der Waals surface area contributed by atoms with Gasteiger partial charge < -0.3 is 15.7 Å². The lowest BCUT2D eigenvalue weighted by Crippen LogP contribution is -2.30. The Balaban J connectivity index is 1.89. The Hall–Kier alpha value is -3.06. The van der Waals surface area contributed by atoms with Gasteiger partial charge in [-0.1, -0.05) is 44.2 Å². The van der Waals surface area contributed by atoms with Crippen molar-refractivity contribution in [2.24, 2.45) is 5.92 Å². The Morgan fingerprint density at radius 2 is 1.66 bits per heavy atom. The second-order valence-electron chi connectivity index (χ2n) is 7.14. The van der Waals surface area contributed by atoms with Crippen LogP contribution in [-0.4, -0.2) is 27.7 Å². The number of halogens is 2. The van der Waals surface area contributed by atoms with Gasteiger partial charge in [-0.05, 0) is 23.6 Å². The van der Waals surface area contributed by atoms with E-state index in [4.69, 9.17) is 0 Å². The standard InChI is InChI=1S/C22H24F2N4O/c1-14(2)20(13-29)27-22-26-19(16-6-4-3-5-7-16)11-21(28-22)25-12-15-8-17(23)10-18(24)9-15/h3-11,14,20,29H,12-13H2,1-2H3,(H2,25,26,27,28)/t20-/m0/s1. The number of rotatable bonds is 8. The number of benzene rings is 2. The minimum atomic E-state index is -0.625. The summed E-state index contributed by atoms with van der Waals surface area (Å²) in [7, 11) is 0. The number of nitrogens with one attached hydrogen (secondary N) is 2. The quantitative estimate of drug-likeness (QED) is 0.523.